The highest BCUT2D eigenvalue weighted by Crippen LogP contribution is 2.35. The molecule has 2 N–H and O–H groups in total. The quantitative estimate of drug-likeness (QED) is 0.0744. The molecule has 2 saturated carbocycles. The summed E-state index contributed by atoms with van der Waals surface area (Å²) in [5.41, 5.74) is -0.805. The van der Waals surface area contributed by atoms with Crippen molar-refractivity contribution in [1.82, 2.24) is 30.2 Å². The van der Waals surface area contributed by atoms with E-state index in [2.05, 4.69) is 41.2 Å². The normalized spacial score (nSPS) is 21.0. The molecule has 71 heavy (non-hydrogen) atoms. The van der Waals surface area contributed by atoms with Gasteiger partial charge in [-0.25, -0.2) is 0 Å². The van der Waals surface area contributed by atoms with E-state index in [1.54, 1.807) is 7.05 Å². The molecule has 4 rings (SSSR count). The molecule has 2 aliphatic heterocycles. The molecular formula is C59H108N6O6. The van der Waals surface area contributed by atoms with E-state index < -0.39 is 17.4 Å². The summed E-state index contributed by atoms with van der Waals surface area (Å²) in [4.78, 5) is 91.0. The summed E-state index contributed by atoms with van der Waals surface area (Å²) in [5, 5.41) is 6.16. The zero-order chi connectivity index (χ0) is 51.4. The van der Waals surface area contributed by atoms with Crippen LogP contribution in [0.5, 0.6) is 0 Å². The number of carbonyl (C=O) groups excluding carboxylic acids is 6. The maximum absolute atomic E-state index is 14.3. The Morgan fingerprint density at radius 3 is 1.44 bits per heavy atom. The van der Waals surface area contributed by atoms with Crippen molar-refractivity contribution in [3.63, 3.8) is 0 Å². The summed E-state index contributed by atoms with van der Waals surface area (Å²) in [7, 11) is 1.78. The lowest BCUT2D eigenvalue weighted by molar-refractivity contribution is -0.144. The molecule has 5 amide bonds. The number of likely N-dealkylation sites (tertiary alicyclic amines) is 2. The van der Waals surface area contributed by atoms with Crippen LogP contribution >= 0.6 is 0 Å². The van der Waals surface area contributed by atoms with Crippen LogP contribution < -0.4 is 10.6 Å². The van der Waals surface area contributed by atoms with Crippen LogP contribution in [0.2, 0.25) is 0 Å². The molecule has 0 spiro atoms. The molecule has 12 heteroatoms. The fraction of sp³-hybridized carbons (Fsp3) is 0.898. The third-order valence-electron chi connectivity index (χ3n) is 17.1. The summed E-state index contributed by atoms with van der Waals surface area (Å²) >= 11 is 0. The SMILES string of the molecule is C.CC[C@@H](C)C(=O)N[C@H](C(=O)N1CCC[C@H]1CN(CCC1CCCCC1)C(=O)CCCCCCCCC(=O)N(CCC1CCCCC1)C[C@@H]1CCCN1C(=O)[C@@H](CC(=O)[C@H](C)NC)C(C)(C)C)C(C)(C)C. The lowest BCUT2D eigenvalue weighted by Crippen LogP contribution is -2.57. The van der Waals surface area contributed by atoms with Crippen LogP contribution in [-0.4, -0.2) is 125 Å². The van der Waals surface area contributed by atoms with Crippen molar-refractivity contribution >= 4 is 35.3 Å². The van der Waals surface area contributed by atoms with Crippen molar-refractivity contribution in [1.29, 1.82) is 0 Å². The smallest absolute Gasteiger partial charge is 0.246 e. The van der Waals surface area contributed by atoms with Crippen molar-refractivity contribution in [3.8, 4) is 0 Å². The van der Waals surface area contributed by atoms with Crippen molar-refractivity contribution < 1.29 is 28.8 Å². The van der Waals surface area contributed by atoms with E-state index in [-0.39, 0.29) is 78.6 Å². The zero-order valence-corrected chi connectivity index (χ0v) is 46.5. The number of Topliss-reactive ketones (excluding diaryl/α,β-unsaturated/α-hetero) is 1. The molecule has 4 fully saturated rings. The average molecular weight is 998 g/mol. The number of hydrogen-bond acceptors (Lipinski definition) is 7. The van der Waals surface area contributed by atoms with Gasteiger partial charge in [-0.3, -0.25) is 28.8 Å². The second-order valence-corrected chi connectivity index (χ2v) is 24.8. The molecule has 6 atom stereocenters. The highest BCUT2D eigenvalue weighted by Gasteiger charge is 2.42. The number of likely N-dealkylation sites (N-methyl/N-ethyl adjacent to an activating group) is 1. The van der Waals surface area contributed by atoms with Crippen molar-refractivity contribution in [2.75, 3.05) is 46.3 Å². The Morgan fingerprint density at radius 1 is 0.592 bits per heavy atom. The predicted octanol–water partition coefficient (Wildman–Crippen LogP) is 11.1. The third-order valence-corrected chi connectivity index (χ3v) is 17.1. The minimum atomic E-state index is -0.617. The van der Waals surface area contributed by atoms with E-state index in [9.17, 15) is 28.8 Å². The Hall–Kier alpha value is -3.02. The zero-order valence-electron chi connectivity index (χ0n) is 46.5. The number of unbranched alkanes of at least 4 members (excludes halogenated alkanes) is 5. The second kappa shape index (κ2) is 31.0. The van der Waals surface area contributed by atoms with Gasteiger partial charge in [0.2, 0.25) is 29.5 Å². The number of nitrogens with one attached hydrogen (secondary N) is 2. The number of carbonyl (C=O) groups is 6. The number of ketones is 1. The third kappa shape index (κ3) is 20.3. The molecule has 12 nitrogen and oxygen atoms in total. The molecule has 0 aromatic rings. The van der Waals surface area contributed by atoms with E-state index in [4.69, 9.17) is 0 Å². The number of hydrogen-bond donors (Lipinski definition) is 2. The van der Waals surface area contributed by atoms with Gasteiger partial charge in [-0.1, -0.05) is 153 Å². The largest absolute Gasteiger partial charge is 0.344 e. The fourth-order valence-electron chi connectivity index (χ4n) is 11.8. The molecule has 0 aromatic carbocycles. The van der Waals surface area contributed by atoms with Gasteiger partial charge in [-0.05, 0) is 94.4 Å². The van der Waals surface area contributed by atoms with Crippen LogP contribution in [0.3, 0.4) is 0 Å². The Morgan fingerprint density at radius 2 is 1.03 bits per heavy atom. The molecule has 2 saturated heterocycles. The van der Waals surface area contributed by atoms with Crippen LogP contribution in [0, 0.1) is 34.5 Å². The number of amides is 5. The van der Waals surface area contributed by atoms with Crippen molar-refractivity contribution in [3.05, 3.63) is 0 Å². The molecule has 4 aliphatic rings. The predicted molar refractivity (Wildman–Crippen MR) is 291 cm³/mol. The molecule has 0 aromatic heterocycles. The maximum Gasteiger partial charge on any atom is 0.246 e. The van der Waals surface area contributed by atoms with Gasteiger partial charge in [-0.2, -0.15) is 0 Å². The lowest BCUT2D eigenvalue weighted by Gasteiger charge is -2.38. The summed E-state index contributed by atoms with van der Waals surface area (Å²) in [6.45, 7) is 21.9. The number of nitrogens with zero attached hydrogens (tertiary/aromatic N) is 4. The second-order valence-electron chi connectivity index (χ2n) is 24.8. The first-order chi connectivity index (χ1) is 33.2. The van der Waals surface area contributed by atoms with Gasteiger partial charge in [0.05, 0.1) is 6.04 Å². The van der Waals surface area contributed by atoms with E-state index in [0.717, 1.165) is 96.6 Å². The standard InChI is InChI=1S/C58H104N6O6.CH4/c1-11-43(2)54(68)60-53(58(7,8)9)56(70)64-37-25-31-48(64)42-62(39-35-46-28-20-17-21-29-46)52(67)33-23-15-13-12-14-22-32-51(66)61(38-34-45-26-18-16-19-27-45)41-47-30-24-36-63(47)55(69)49(57(4,5)6)40-50(65)44(3)59-10;/h43-49,53,59H,11-42H2,1-10H3,(H,60,68);1H4/t43-,44+,47+,48+,49-,53-;/m1./s1. The minimum Gasteiger partial charge on any atom is -0.344 e. The van der Waals surface area contributed by atoms with Gasteiger partial charge in [-0.15, -0.1) is 0 Å². The Balaban J connectivity index is 0.0000133. The average Bonchev–Trinajstić information content (AvgIpc) is 4.01. The minimum absolute atomic E-state index is 0. The summed E-state index contributed by atoms with van der Waals surface area (Å²) in [6.07, 6.45) is 25.9. The van der Waals surface area contributed by atoms with Crippen LogP contribution in [0.15, 0.2) is 0 Å². The molecule has 0 radical (unpaired) electrons. The van der Waals surface area contributed by atoms with Crippen LogP contribution in [-0.2, 0) is 28.8 Å². The van der Waals surface area contributed by atoms with Crippen LogP contribution in [0.1, 0.15) is 237 Å². The Kier molecular flexibility index (Phi) is 27.2. The summed E-state index contributed by atoms with van der Waals surface area (Å²) in [6, 6.07) is -0.989. The maximum atomic E-state index is 14.3. The molecule has 2 heterocycles. The van der Waals surface area contributed by atoms with Gasteiger partial charge < -0.3 is 30.2 Å². The molecule has 0 unspecified atom stereocenters. The number of rotatable bonds is 28. The first-order valence-electron chi connectivity index (χ1n) is 28.9. The highest BCUT2D eigenvalue weighted by molar-refractivity contribution is 5.91. The van der Waals surface area contributed by atoms with E-state index in [1.165, 1.54) is 64.2 Å². The molecule has 0 bridgehead atoms. The molecule has 2 aliphatic carbocycles. The van der Waals surface area contributed by atoms with E-state index >= 15 is 0 Å². The van der Waals surface area contributed by atoms with Gasteiger partial charge >= 0.3 is 0 Å². The van der Waals surface area contributed by atoms with E-state index in [0.29, 0.717) is 50.9 Å². The van der Waals surface area contributed by atoms with Crippen molar-refractivity contribution in [2.24, 2.45) is 34.5 Å². The Bertz CT molecular complexity index is 1510. The lowest BCUT2D eigenvalue weighted by atomic mass is 9.76. The van der Waals surface area contributed by atoms with Gasteiger partial charge in [0.1, 0.15) is 11.8 Å². The van der Waals surface area contributed by atoms with Crippen LogP contribution in [0.25, 0.3) is 0 Å². The fourth-order valence-corrected chi connectivity index (χ4v) is 11.8. The summed E-state index contributed by atoms with van der Waals surface area (Å²) in [5.74, 6) is 1.16. The van der Waals surface area contributed by atoms with Gasteiger partial charge in [0.25, 0.3) is 0 Å². The summed E-state index contributed by atoms with van der Waals surface area (Å²) < 4.78 is 0. The topological polar surface area (TPSA) is 139 Å². The molecule has 410 valence electrons. The van der Waals surface area contributed by atoms with Gasteiger partial charge in [0, 0.05) is 82.5 Å². The first-order valence-corrected chi connectivity index (χ1v) is 28.9. The highest BCUT2D eigenvalue weighted by atomic mass is 16.2. The molecular weight excluding hydrogens is 889 g/mol. The Labute approximate surface area is 434 Å². The monoisotopic (exact) mass is 997 g/mol. The van der Waals surface area contributed by atoms with Gasteiger partial charge in [0.15, 0.2) is 0 Å². The first kappa shape index (κ1) is 62.3. The van der Waals surface area contributed by atoms with Crippen LogP contribution in [0.4, 0.5) is 0 Å². The van der Waals surface area contributed by atoms with E-state index in [1.807, 2.05) is 51.3 Å². The van der Waals surface area contributed by atoms with Crippen molar-refractivity contribution in [2.45, 2.75) is 261 Å².